The Balaban J connectivity index is 1.63. The maximum absolute atomic E-state index is 12.1. The molecule has 21 heavy (non-hydrogen) atoms. The number of hydrogen-bond acceptors (Lipinski definition) is 6. The number of nitrogens with zero attached hydrogens (tertiary/aromatic N) is 3. The number of thiophene rings is 1. The summed E-state index contributed by atoms with van der Waals surface area (Å²) < 4.78 is 8.12. The summed E-state index contributed by atoms with van der Waals surface area (Å²) in [6, 6.07) is 7.43. The van der Waals surface area contributed by atoms with Crippen molar-refractivity contribution in [2.75, 3.05) is 5.75 Å². The Morgan fingerprint density at radius 3 is 3.05 bits per heavy atom. The molecule has 3 heterocycles. The molecule has 0 aliphatic carbocycles. The Labute approximate surface area is 137 Å². The minimum Gasteiger partial charge on any atom is -0.467 e. The third-order valence-electron chi connectivity index (χ3n) is 2.67. The molecular weight excluding hydrogens is 374 g/mol. The number of carbonyl (C=O) groups excluding carboxylic acids is 1. The number of carbonyl (C=O) groups is 1. The third-order valence-corrected chi connectivity index (χ3v) is 5.31. The topological polar surface area (TPSA) is 60.9 Å². The van der Waals surface area contributed by atoms with Crippen molar-refractivity contribution in [3.63, 3.8) is 0 Å². The molecule has 0 saturated heterocycles. The summed E-state index contributed by atoms with van der Waals surface area (Å²) in [7, 11) is 0. The maximum atomic E-state index is 12.1. The van der Waals surface area contributed by atoms with Gasteiger partial charge in [0.25, 0.3) is 0 Å². The van der Waals surface area contributed by atoms with Gasteiger partial charge in [-0.2, -0.15) is 0 Å². The average molecular weight is 384 g/mol. The Morgan fingerprint density at radius 2 is 2.33 bits per heavy atom. The molecule has 5 nitrogen and oxygen atoms in total. The number of aromatic nitrogens is 3. The smallest absolute Gasteiger partial charge is 0.191 e. The highest BCUT2D eigenvalue weighted by Gasteiger charge is 2.13. The lowest BCUT2D eigenvalue weighted by Crippen LogP contribution is -2.03. The summed E-state index contributed by atoms with van der Waals surface area (Å²) in [4.78, 5) is 12.8. The molecular formula is C13H10BrN3O2S2. The third kappa shape index (κ3) is 3.63. The van der Waals surface area contributed by atoms with Crippen LogP contribution in [-0.4, -0.2) is 26.3 Å². The molecule has 3 rings (SSSR count). The number of ketones is 1. The fraction of sp³-hybridized carbons (Fsp3) is 0.154. The van der Waals surface area contributed by atoms with Crippen molar-refractivity contribution in [3.05, 3.63) is 51.3 Å². The fourth-order valence-electron chi connectivity index (χ4n) is 1.70. The molecule has 108 valence electrons. The molecule has 0 aliphatic rings. The SMILES string of the molecule is O=C(CSc1nncn1Cc1ccco1)c1ccc(Br)s1. The summed E-state index contributed by atoms with van der Waals surface area (Å²) in [5, 5.41) is 8.64. The zero-order valence-corrected chi connectivity index (χ0v) is 13.9. The van der Waals surface area contributed by atoms with E-state index in [0.717, 1.165) is 14.4 Å². The summed E-state index contributed by atoms with van der Waals surface area (Å²) >= 11 is 6.17. The van der Waals surface area contributed by atoms with Gasteiger partial charge in [0, 0.05) is 0 Å². The highest BCUT2D eigenvalue weighted by atomic mass is 79.9. The summed E-state index contributed by atoms with van der Waals surface area (Å²) in [5.41, 5.74) is 0. The molecule has 0 spiro atoms. The summed E-state index contributed by atoms with van der Waals surface area (Å²) in [6.45, 7) is 0.557. The molecule has 0 N–H and O–H groups in total. The van der Waals surface area contributed by atoms with Crippen LogP contribution in [0.3, 0.4) is 0 Å². The van der Waals surface area contributed by atoms with Crippen molar-refractivity contribution in [3.8, 4) is 0 Å². The molecule has 0 bridgehead atoms. The van der Waals surface area contributed by atoms with E-state index in [1.54, 1.807) is 12.6 Å². The number of furan rings is 1. The van der Waals surface area contributed by atoms with Crippen molar-refractivity contribution in [2.24, 2.45) is 0 Å². The van der Waals surface area contributed by atoms with Crippen LogP contribution in [0.5, 0.6) is 0 Å². The molecule has 0 atom stereocenters. The van der Waals surface area contributed by atoms with Crippen LogP contribution in [0.1, 0.15) is 15.4 Å². The molecule has 0 aliphatic heterocycles. The molecule has 3 aromatic heterocycles. The van der Waals surface area contributed by atoms with Crippen LogP contribution in [0.2, 0.25) is 0 Å². The number of thioether (sulfide) groups is 1. The minimum atomic E-state index is 0.0863. The number of rotatable bonds is 6. The van der Waals surface area contributed by atoms with Crippen LogP contribution in [0.4, 0.5) is 0 Å². The highest BCUT2D eigenvalue weighted by Crippen LogP contribution is 2.25. The molecule has 0 unspecified atom stereocenters. The zero-order chi connectivity index (χ0) is 14.7. The van der Waals surface area contributed by atoms with Crippen LogP contribution >= 0.6 is 39.0 Å². The van der Waals surface area contributed by atoms with Crippen molar-refractivity contribution in [2.45, 2.75) is 11.7 Å². The molecule has 0 radical (unpaired) electrons. The van der Waals surface area contributed by atoms with E-state index >= 15 is 0 Å². The van der Waals surface area contributed by atoms with Crippen LogP contribution in [0.15, 0.2) is 50.2 Å². The normalized spacial score (nSPS) is 10.9. The molecule has 8 heteroatoms. The van der Waals surface area contributed by atoms with Gasteiger partial charge >= 0.3 is 0 Å². The maximum Gasteiger partial charge on any atom is 0.191 e. The van der Waals surface area contributed by atoms with Crippen LogP contribution < -0.4 is 0 Å². The Hall–Kier alpha value is -1.38. The van der Waals surface area contributed by atoms with E-state index in [2.05, 4.69) is 26.1 Å². The molecule has 0 fully saturated rings. The number of halogens is 1. The van der Waals surface area contributed by atoms with Gasteiger partial charge in [0.2, 0.25) is 0 Å². The van der Waals surface area contributed by atoms with Gasteiger partial charge in [0.05, 0.1) is 27.2 Å². The second kappa shape index (κ2) is 6.59. The molecule has 0 saturated carbocycles. The predicted octanol–water partition coefficient (Wildman–Crippen LogP) is 3.72. The second-order valence-corrected chi connectivity index (χ2v) is 7.54. The molecule has 0 amide bonds. The van der Waals surface area contributed by atoms with E-state index in [1.807, 2.05) is 28.8 Å². The van der Waals surface area contributed by atoms with Gasteiger partial charge in [-0.05, 0) is 40.2 Å². The quantitative estimate of drug-likeness (QED) is 0.479. The van der Waals surface area contributed by atoms with E-state index in [-0.39, 0.29) is 5.78 Å². The Bertz CT molecular complexity index is 736. The standard InChI is InChI=1S/C13H10BrN3O2S2/c14-12-4-3-11(21-12)10(18)7-20-13-16-15-8-17(13)6-9-2-1-5-19-9/h1-5,8H,6-7H2. The average Bonchev–Trinajstić information content (AvgIpc) is 3.19. The van der Waals surface area contributed by atoms with E-state index in [0.29, 0.717) is 17.5 Å². The first-order valence-corrected chi connectivity index (χ1v) is 8.63. The van der Waals surface area contributed by atoms with Gasteiger partial charge in [-0.25, -0.2) is 0 Å². The number of hydrogen-bond donors (Lipinski definition) is 0. The first-order chi connectivity index (χ1) is 10.2. The summed E-state index contributed by atoms with van der Waals surface area (Å²) in [6.07, 6.45) is 3.27. The lowest BCUT2D eigenvalue weighted by atomic mass is 10.4. The monoisotopic (exact) mass is 383 g/mol. The van der Waals surface area contributed by atoms with E-state index in [4.69, 9.17) is 4.42 Å². The Kier molecular flexibility index (Phi) is 4.57. The van der Waals surface area contributed by atoms with Crippen molar-refractivity contribution >= 4 is 44.8 Å². The lowest BCUT2D eigenvalue weighted by Gasteiger charge is -2.03. The van der Waals surface area contributed by atoms with Crippen molar-refractivity contribution in [1.82, 2.24) is 14.8 Å². The van der Waals surface area contributed by atoms with Gasteiger partial charge in [-0.15, -0.1) is 21.5 Å². The minimum absolute atomic E-state index is 0.0863. The number of Topliss-reactive ketones (excluding diaryl/α,β-unsaturated/α-hetero) is 1. The van der Waals surface area contributed by atoms with Crippen LogP contribution in [0.25, 0.3) is 0 Å². The second-order valence-electron chi connectivity index (χ2n) is 4.14. The Morgan fingerprint density at radius 1 is 1.43 bits per heavy atom. The molecule has 0 aromatic carbocycles. The fourth-order valence-corrected chi connectivity index (χ4v) is 3.91. The first kappa shape index (κ1) is 14.6. The van der Waals surface area contributed by atoms with Gasteiger partial charge in [0.1, 0.15) is 12.1 Å². The van der Waals surface area contributed by atoms with Crippen LogP contribution in [-0.2, 0) is 6.54 Å². The van der Waals surface area contributed by atoms with Gasteiger partial charge in [-0.1, -0.05) is 11.8 Å². The van der Waals surface area contributed by atoms with E-state index in [9.17, 15) is 4.79 Å². The lowest BCUT2D eigenvalue weighted by molar-refractivity contribution is 0.102. The largest absolute Gasteiger partial charge is 0.467 e. The van der Waals surface area contributed by atoms with E-state index in [1.165, 1.54) is 23.1 Å². The van der Waals surface area contributed by atoms with Gasteiger partial charge in [0.15, 0.2) is 10.9 Å². The van der Waals surface area contributed by atoms with E-state index < -0.39 is 0 Å². The first-order valence-electron chi connectivity index (χ1n) is 6.04. The van der Waals surface area contributed by atoms with Crippen molar-refractivity contribution in [1.29, 1.82) is 0 Å². The van der Waals surface area contributed by atoms with Gasteiger partial charge < -0.3 is 8.98 Å². The zero-order valence-electron chi connectivity index (χ0n) is 10.7. The summed E-state index contributed by atoms with van der Waals surface area (Å²) in [5.74, 6) is 1.25. The van der Waals surface area contributed by atoms with Gasteiger partial charge in [-0.3, -0.25) is 4.79 Å². The van der Waals surface area contributed by atoms with Crippen LogP contribution in [0, 0.1) is 0 Å². The molecule has 3 aromatic rings. The van der Waals surface area contributed by atoms with Crippen molar-refractivity contribution < 1.29 is 9.21 Å². The highest BCUT2D eigenvalue weighted by molar-refractivity contribution is 9.11. The predicted molar refractivity (Wildman–Crippen MR) is 84.9 cm³/mol.